The lowest BCUT2D eigenvalue weighted by Crippen LogP contribution is -2.43. The number of aryl methyl sites for hydroxylation is 1. The van der Waals surface area contributed by atoms with Gasteiger partial charge < -0.3 is 5.32 Å². The van der Waals surface area contributed by atoms with Gasteiger partial charge in [-0.15, -0.1) is 0 Å². The summed E-state index contributed by atoms with van der Waals surface area (Å²) in [6.45, 7) is 0. The third kappa shape index (κ3) is 1.71. The Kier molecular flexibility index (Phi) is 2.55. The van der Waals surface area contributed by atoms with E-state index in [9.17, 15) is 9.59 Å². The lowest BCUT2D eigenvalue weighted by Gasteiger charge is -2.23. The minimum atomic E-state index is -1.17. The number of carbonyl (C=O) groups excluding carboxylic acids is 2. The molecule has 0 saturated carbocycles. The normalized spacial score (nSPS) is 20.4. The van der Waals surface area contributed by atoms with Crippen molar-refractivity contribution in [2.24, 2.45) is 7.05 Å². The molecule has 25 heavy (non-hydrogen) atoms. The second-order valence-electron chi connectivity index (χ2n) is 6.34. The van der Waals surface area contributed by atoms with Crippen LogP contribution in [0, 0.1) is 0 Å². The van der Waals surface area contributed by atoms with Gasteiger partial charge in [-0.05, 0) is 28.8 Å². The zero-order valence-corrected chi connectivity index (χ0v) is 13.4. The van der Waals surface area contributed by atoms with Gasteiger partial charge in [0, 0.05) is 24.4 Å². The van der Waals surface area contributed by atoms with Crippen molar-refractivity contribution in [3.05, 3.63) is 65.9 Å². The lowest BCUT2D eigenvalue weighted by molar-refractivity contribution is -0.122. The topological polar surface area (TPSA) is 76.0 Å². The molecule has 6 heteroatoms. The molecule has 122 valence electrons. The number of fused-ring (bicyclic) bond motifs is 5. The summed E-state index contributed by atoms with van der Waals surface area (Å²) in [6, 6.07) is 15.0. The van der Waals surface area contributed by atoms with Crippen LogP contribution in [-0.4, -0.2) is 21.7 Å². The quantitative estimate of drug-likeness (QED) is 0.671. The molecule has 1 unspecified atom stereocenters. The van der Waals surface area contributed by atoms with Gasteiger partial charge in [0.2, 0.25) is 0 Å². The Morgan fingerprint density at radius 3 is 2.52 bits per heavy atom. The number of carbonyl (C=O) groups is 2. The summed E-state index contributed by atoms with van der Waals surface area (Å²) in [5.74, 6) is -0.345. The molecule has 2 aromatic carbocycles. The Morgan fingerprint density at radius 1 is 1.00 bits per heavy atom. The van der Waals surface area contributed by atoms with E-state index < -0.39 is 11.6 Å². The Bertz CT molecular complexity index is 1070. The molecule has 1 spiro atoms. The van der Waals surface area contributed by atoms with Crippen molar-refractivity contribution in [2.45, 2.75) is 5.54 Å². The first kappa shape index (κ1) is 14.0. The van der Waals surface area contributed by atoms with Gasteiger partial charge in [-0.25, -0.2) is 4.79 Å². The van der Waals surface area contributed by atoms with E-state index in [2.05, 4.69) is 15.7 Å². The molecule has 1 aromatic heterocycles. The van der Waals surface area contributed by atoms with Gasteiger partial charge in [0.15, 0.2) is 5.54 Å². The molecular formula is C19H14N4O2. The van der Waals surface area contributed by atoms with Crippen molar-refractivity contribution in [1.29, 1.82) is 0 Å². The van der Waals surface area contributed by atoms with Crippen molar-refractivity contribution in [3.8, 4) is 22.4 Å². The fourth-order valence-corrected chi connectivity index (χ4v) is 3.84. The average Bonchev–Trinajstić information content (AvgIpc) is 3.25. The number of aromatic nitrogens is 2. The van der Waals surface area contributed by atoms with E-state index in [1.165, 1.54) is 0 Å². The molecule has 1 fully saturated rings. The molecule has 3 aromatic rings. The fourth-order valence-electron chi connectivity index (χ4n) is 3.84. The summed E-state index contributed by atoms with van der Waals surface area (Å²) in [5.41, 5.74) is 4.04. The second-order valence-corrected chi connectivity index (χ2v) is 6.34. The molecule has 0 radical (unpaired) electrons. The number of hydrogen-bond donors (Lipinski definition) is 2. The van der Waals surface area contributed by atoms with E-state index in [-0.39, 0.29) is 5.91 Å². The van der Waals surface area contributed by atoms with Crippen LogP contribution in [0.5, 0.6) is 0 Å². The predicted molar refractivity (Wildman–Crippen MR) is 91.5 cm³/mol. The minimum absolute atomic E-state index is 0.345. The largest absolute Gasteiger partial charge is 0.322 e. The smallest absolute Gasteiger partial charge is 0.316 e. The van der Waals surface area contributed by atoms with Gasteiger partial charge in [0.25, 0.3) is 5.91 Å². The van der Waals surface area contributed by atoms with E-state index in [0.717, 1.165) is 33.5 Å². The molecule has 2 N–H and O–H groups in total. The monoisotopic (exact) mass is 330 g/mol. The fraction of sp³-hybridized carbons (Fsp3) is 0.105. The lowest BCUT2D eigenvalue weighted by atomic mass is 9.86. The standard InChI is InChI=1S/C19H14N4O2/c1-23-9-8-16(22-23)11-6-7-13-12-4-2-3-5-14(12)19(15(13)10-11)17(24)20-18(25)21-19/h2-10H,1H3,(H2,20,21,24,25). The summed E-state index contributed by atoms with van der Waals surface area (Å²) in [7, 11) is 1.86. The number of imide groups is 1. The molecule has 3 amide bonds. The Balaban J connectivity index is 1.80. The van der Waals surface area contributed by atoms with E-state index >= 15 is 0 Å². The van der Waals surface area contributed by atoms with Gasteiger partial charge in [-0.1, -0.05) is 36.4 Å². The van der Waals surface area contributed by atoms with Crippen LogP contribution in [0.3, 0.4) is 0 Å². The highest BCUT2D eigenvalue weighted by Crippen LogP contribution is 2.49. The van der Waals surface area contributed by atoms with E-state index in [1.54, 1.807) is 4.68 Å². The molecule has 6 nitrogen and oxygen atoms in total. The number of urea groups is 1. The number of nitrogens with one attached hydrogen (secondary N) is 2. The highest BCUT2D eigenvalue weighted by molar-refractivity contribution is 6.13. The first-order chi connectivity index (χ1) is 12.1. The molecule has 5 rings (SSSR count). The van der Waals surface area contributed by atoms with Crippen molar-refractivity contribution >= 4 is 11.9 Å². The van der Waals surface area contributed by atoms with Gasteiger partial charge in [0.05, 0.1) is 5.69 Å². The van der Waals surface area contributed by atoms with Crippen LogP contribution in [-0.2, 0) is 17.4 Å². The van der Waals surface area contributed by atoms with E-state index in [0.29, 0.717) is 0 Å². The maximum Gasteiger partial charge on any atom is 0.322 e. The predicted octanol–water partition coefficient (Wildman–Crippen LogP) is 2.15. The zero-order chi connectivity index (χ0) is 17.2. The van der Waals surface area contributed by atoms with Gasteiger partial charge in [-0.3, -0.25) is 14.8 Å². The summed E-state index contributed by atoms with van der Waals surface area (Å²) in [5, 5.41) is 9.67. The summed E-state index contributed by atoms with van der Waals surface area (Å²) in [4.78, 5) is 24.7. The molecule has 0 bridgehead atoms. The first-order valence-electron chi connectivity index (χ1n) is 7.97. The van der Waals surface area contributed by atoms with Crippen LogP contribution in [0.15, 0.2) is 54.7 Å². The maximum atomic E-state index is 12.8. The van der Waals surface area contributed by atoms with Crippen molar-refractivity contribution < 1.29 is 9.59 Å². The van der Waals surface area contributed by atoms with Crippen molar-refractivity contribution in [1.82, 2.24) is 20.4 Å². The number of hydrogen-bond acceptors (Lipinski definition) is 3. The summed E-state index contributed by atoms with van der Waals surface area (Å²) >= 11 is 0. The Labute approximate surface area is 143 Å². The van der Waals surface area contributed by atoms with Crippen molar-refractivity contribution in [2.75, 3.05) is 0 Å². The number of amides is 3. The number of nitrogens with zero attached hydrogens (tertiary/aromatic N) is 2. The zero-order valence-electron chi connectivity index (χ0n) is 13.4. The molecule has 1 aliphatic heterocycles. The number of rotatable bonds is 1. The summed E-state index contributed by atoms with van der Waals surface area (Å²) < 4.78 is 1.73. The maximum absolute atomic E-state index is 12.8. The molecule has 2 heterocycles. The first-order valence-corrected chi connectivity index (χ1v) is 7.97. The van der Waals surface area contributed by atoms with Crippen LogP contribution in [0.25, 0.3) is 22.4 Å². The van der Waals surface area contributed by atoms with Gasteiger partial charge >= 0.3 is 6.03 Å². The number of benzene rings is 2. The van der Waals surface area contributed by atoms with E-state index in [1.807, 2.05) is 61.8 Å². The SMILES string of the molecule is Cn1ccc(-c2ccc3c(c2)C2(NC(=O)NC2=O)c2ccccc2-3)n1. The highest BCUT2D eigenvalue weighted by Gasteiger charge is 2.54. The molecule has 1 saturated heterocycles. The minimum Gasteiger partial charge on any atom is -0.316 e. The third-order valence-electron chi connectivity index (χ3n) is 4.92. The average molecular weight is 330 g/mol. The summed E-state index contributed by atoms with van der Waals surface area (Å²) in [6.07, 6.45) is 1.87. The van der Waals surface area contributed by atoms with Crippen LogP contribution < -0.4 is 10.6 Å². The van der Waals surface area contributed by atoms with Crippen LogP contribution in [0.4, 0.5) is 4.79 Å². The Hall–Kier alpha value is -3.41. The molecule has 1 aliphatic carbocycles. The van der Waals surface area contributed by atoms with Crippen LogP contribution in [0.1, 0.15) is 11.1 Å². The highest BCUT2D eigenvalue weighted by atomic mass is 16.2. The molecule has 2 aliphatic rings. The molecular weight excluding hydrogens is 316 g/mol. The second kappa shape index (κ2) is 4.57. The van der Waals surface area contributed by atoms with Gasteiger partial charge in [-0.2, -0.15) is 5.10 Å². The van der Waals surface area contributed by atoms with Crippen molar-refractivity contribution in [3.63, 3.8) is 0 Å². The van der Waals surface area contributed by atoms with Crippen LogP contribution >= 0.6 is 0 Å². The third-order valence-corrected chi connectivity index (χ3v) is 4.92. The van der Waals surface area contributed by atoms with E-state index in [4.69, 9.17) is 0 Å². The van der Waals surface area contributed by atoms with Crippen LogP contribution in [0.2, 0.25) is 0 Å². The molecule has 1 atom stereocenters. The Morgan fingerprint density at radius 2 is 1.80 bits per heavy atom. The van der Waals surface area contributed by atoms with Gasteiger partial charge in [0.1, 0.15) is 0 Å².